The summed E-state index contributed by atoms with van der Waals surface area (Å²) < 4.78 is 5.81. The Morgan fingerprint density at radius 2 is 2.10 bits per heavy atom. The van der Waals surface area contributed by atoms with Crippen LogP contribution in [-0.2, 0) is 11.2 Å². The van der Waals surface area contributed by atoms with Crippen molar-refractivity contribution >= 4 is 11.3 Å². The van der Waals surface area contributed by atoms with E-state index in [0.29, 0.717) is 25.3 Å². The zero-order valence-electron chi connectivity index (χ0n) is 13.3. The van der Waals surface area contributed by atoms with E-state index in [-0.39, 0.29) is 0 Å². The number of hydrogen-bond acceptors (Lipinski definition) is 4. The molecule has 2 N–H and O–H groups in total. The fourth-order valence-corrected chi connectivity index (χ4v) is 3.86. The molecule has 0 aliphatic heterocycles. The third-order valence-electron chi connectivity index (χ3n) is 4.08. The molecular weight excluding hydrogens is 282 g/mol. The molecule has 1 aliphatic carbocycles. The fraction of sp³-hybridized carbons (Fsp3) is 0.765. The Labute approximate surface area is 132 Å². The number of thiophene rings is 1. The first-order chi connectivity index (χ1) is 10.1. The highest BCUT2D eigenvalue weighted by Gasteiger charge is 2.16. The average Bonchev–Trinajstić information content (AvgIpc) is 2.89. The number of aryl methyl sites for hydroxylation is 1. The second-order valence-electron chi connectivity index (χ2n) is 6.27. The van der Waals surface area contributed by atoms with Gasteiger partial charge in [0.15, 0.2) is 0 Å². The molecule has 2 unspecified atom stereocenters. The predicted octanol–water partition coefficient (Wildman–Crippen LogP) is 3.29. The standard InChI is InChI=1S/C17H29NO2S/c1-13(10-17-9-8-14(2)21-17)18-11-15(19)12-20-16-6-4-3-5-7-16/h8-9,13,15-16,18-19H,3-7,10-12H2,1-2H3. The van der Waals surface area contributed by atoms with Gasteiger partial charge in [0.05, 0.1) is 18.8 Å². The summed E-state index contributed by atoms with van der Waals surface area (Å²) in [6.07, 6.45) is 7.20. The van der Waals surface area contributed by atoms with E-state index < -0.39 is 6.10 Å². The molecule has 0 spiro atoms. The molecule has 0 bridgehead atoms. The third-order valence-corrected chi connectivity index (χ3v) is 5.10. The van der Waals surface area contributed by atoms with Crippen LogP contribution in [0, 0.1) is 6.92 Å². The van der Waals surface area contributed by atoms with Gasteiger partial charge in [-0.25, -0.2) is 0 Å². The molecule has 1 aliphatic rings. The van der Waals surface area contributed by atoms with Crippen LogP contribution in [0.25, 0.3) is 0 Å². The smallest absolute Gasteiger partial charge is 0.0897 e. The molecule has 1 aromatic heterocycles. The number of nitrogens with one attached hydrogen (secondary N) is 1. The highest BCUT2D eigenvalue weighted by atomic mass is 32.1. The second kappa shape index (κ2) is 8.89. The fourth-order valence-electron chi connectivity index (χ4n) is 2.84. The minimum Gasteiger partial charge on any atom is -0.389 e. The molecule has 0 saturated heterocycles. The van der Waals surface area contributed by atoms with E-state index in [2.05, 4.69) is 31.3 Å². The number of rotatable bonds is 8. The van der Waals surface area contributed by atoms with Crippen molar-refractivity contribution in [3.63, 3.8) is 0 Å². The van der Waals surface area contributed by atoms with Crippen LogP contribution in [0.1, 0.15) is 48.8 Å². The van der Waals surface area contributed by atoms with Crippen molar-refractivity contribution in [3.05, 3.63) is 21.9 Å². The molecule has 1 aromatic rings. The van der Waals surface area contributed by atoms with Crippen LogP contribution in [-0.4, -0.2) is 36.5 Å². The Balaban J connectivity index is 1.58. The van der Waals surface area contributed by atoms with Gasteiger partial charge in [0.2, 0.25) is 0 Å². The van der Waals surface area contributed by atoms with Crippen molar-refractivity contribution in [1.29, 1.82) is 0 Å². The van der Waals surface area contributed by atoms with Gasteiger partial charge in [-0.15, -0.1) is 11.3 Å². The summed E-state index contributed by atoms with van der Waals surface area (Å²) in [5, 5.41) is 13.4. The summed E-state index contributed by atoms with van der Waals surface area (Å²) in [5.74, 6) is 0. The maximum atomic E-state index is 10.0. The largest absolute Gasteiger partial charge is 0.389 e. The van der Waals surface area contributed by atoms with E-state index in [0.717, 1.165) is 19.3 Å². The highest BCUT2D eigenvalue weighted by Crippen LogP contribution is 2.20. The molecule has 2 atom stereocenters. The summed E-state index contributed by atoms with van der Waals surface area (Å²) in [7, 11) is 0. The van der Waals surface area contributed by atoms with Crippen molar-refractivity contribution in [2.75, 3.05) is 13.2 Å². The number of hydrogen-bond donors (Lipinski definition) is 2. The molecule has 4 heteroatoms. The summed E-state index contributed by atoms with van der Waals surface area (Å²) in [5.41, 5.74) is 0. The molecule has 3 nitrogen and oxygen atoms in total. The van der Waals surface area contributed by atoms with E-state index in [9.17, 15) is 5.11 Å². The number of aliphatic hydroxyl groups excluding tert-OH is 1. The first-order valence-corrected chi connectivity index (χ1v) is 9.03. The first-order valence-electron chi connectivity index (χ1n) is 8.22. The molecule has 2 rings (SSSR count). The SMILES string of the molecule is Cc1ccc(CC(C)NCC(O)COC2CCCCC2)s1. The van der Waals surface area contributed by atoms with Gasteiger partial charge >= 0.3 is 0 Å². The van der Waals surface area contributed by atoms with E-state index in [1.165, 1.54) is 29.0 Å². The Hall–Kier alpha value is -0.420. The van der Waals surface area contributed by atoms with Gasteiger partial charge in [-0.3, -0.25) is 0 Å². The Kier molecular flexibility index (Phi) is 7.17. The molecule has 21 heavy (non-hydrogen) atoms. The Bertz CT molecular complexity index is 401. The summed E-state index contributed by atoms with van der Waals surface area (Å²) in [6.45, 7) is 5.38. The number of ether oxygens (including phenoxy) is 1. The maximum absolute atomic E-state index is 10.0. The van der Waals surface area contributed by atoms with Crippen molar-refractivity contribution in [3.8, 4) is 0 Å². The molecule has 0 amide bonds. The van der Waals surface area contributed by atoms with Crippen molar-refractivity contribution in [1.82, 2.24) is 5.32 Å². The van der Waals surface area contributed by atoms with E-state index in [4.69, 9.17) is 4.74 Å². The van der Waals surface area contributed by atoms with Crippen molar-refractivity contribution in [2.24, 2.45) is 0 Å². The van der Waals surface area contributed by atoms with Gasteiger partial charge in [-0.1, -0.05) is 19.3 Å². The van der Waals surface area contributed by atoms with Gasteiger partial charge in [0.25, 0.3) is 0 Å². The lowest BCUT2D eigenvalue weighted by molar-refractivity contribution is -0.0234. The first kappa shape index (κ1) is 16.9. The molecule has 1 fully saturated rings. The lowest BCUT2D eigenvalue weighted by Gasteiger charge is -2.24. The number of aliphatic hydroxyl groups is 1. The minimum atomic E-state index is -0.403. The van der Waals surface area contributed by atoms with Crippen LogP contribution in [0.5, 0.6) is 0 Å². The Morgan fingerprint density at radius 1 is 1.33 bits per heavy atom. The Morgan fingerprint density at radius 3 is 2.76 bits per heavy atom. The van der Waals surface area contributed by atoms with Crippen LogP contribution in [0.15, 0.2) is 12.1 Å². The third kappa shape index (κ3) is 6.47. The topological polar surface area (TPSA) is 41.5 Å². The van der Waals surface area contributed by atoms with E-state index >= 15 is 0 Å². The van der Waals surface area contributed by atoms with Crippen LogP contribution in [0.3, 0.4) is 0 Å². The zero-order chi connectivity index (χ0) is 15.1. The summed E-state index contributed by atoms with van der Waals surface area (Å²) in [6, 6.07) is 4.74. The maximum Gasteiger partial charge on any atom is 0.0897 e. The molecule has 1 saturated carbocycles. The monoisotopic (exact) mass is 311 g/mol. The van der Waals surface area contributed by atoms with Gasteiger partial charge in [-0.2, -0.15) is 0 Å². The van der Waals surface area contributed by atoms with Crippen molar-refractivity contribution in [2.45, 2.75) is 70.6 Å². The minimum absolute atomic E-state index is 0.375. The van der Waals surface area contributed by atoms with E-state index in [1.54, 1.807) is 0 Å². The summed E-state index contributed by atoms with van der Waals surface area (Å²) >= 11 is 1.85. The second-order valence-corrected chi connectivity index (χ2v) is 7.65. The van der Waals surface area contributed by atoms with Gasteiger partial charge in [0, 0.05) is 22.3 Å². The van der Waals surface area contributed by atoms with Gasteiger partial charge in [0.1, 0.15) is 0 Å². The van der Waals surface area contributed by atoms with Gasteiger partial charge in [-0.05, 0) is 45.2 Å². The molecule has 120 valence electrons. The lowest BCUT2D eigenvalue weighted by atomic mass is 9.98. The van der Waals surface area contributed by atoms with Gasteiger partial charge < -0.3 is 15.2 Å². The van der Waals surface area contributed by atoms with Crippen LogP contribution in [0.4, 0.5) is 0 Å². The quantitative estimate of drug-likeness (QED) is 0.774. The highest BCUT2D eigenvalue weighted by molar-refractivity contribution is 7.11. The predicted molar refractivity (Wildman–Crippen MR) is 89.1 cm³/mol. The van der Waals surface area contributed by atoms with Crippen LogP contribution in [0.2, 0.25) is 0 Å². The molecule has 1 heterocycles. The molecule has 0 radical (unpaired) electrons. The summed E-state index contributed by atoms with van der Waals surface area (Å²) in [4.78, 5) is 2.76. The zero-order valence-corrected chi connectivity index (χ0v) is 14.1. The van der Waals surface area contributed by atoms with Crippen LogP contribution < -0.4 is 5.32 Å². The lowest BCUT2D eigenvalue weighted by Crippen LogP contribution is -2.37. The normalized spacial score (nSPS) is 19.6. The van der Waals surface area contributed by atoms with Crippen molar-refractivity contribution < 1.29 is 9.84 Å². The van der Waals surface area contributed by atoms with E-state index in [1.807, 2.05) is 11.3 Å². The molecular formula is C17H29NO2S. The molecule has 0 aromatic carbocycles. The van der Waals surface area contributed by atoms with Crippen LogP contribution >= 0.6 is 11.3 Å². The average molecular weight is 311 g/mol.